The molecule has 5 nitrogen and oxygen atoms in total. The zero-order chi connectivity index (χ0) is 17.8. The lowest BCUT2D eigenvalue weighted by atomic mass is 10.0. The molecule has 0 radical (unpaired) electrons. The van der Waals surface area contributed by atoms with E-state index in [1.165, 1.54) is 18.9 Å². The van der Waals surface area contributed by atoms with Gasteiger partial charge in [-0.15, -0.1) is 0 Å². The largest absolute Gasteiger partial charge is 0.506 e. The molecular formula is C19H25ClN2O3. The predicted octanol–water partition coefficient (Wildman–Crippen LogP) is 2.89. The Balaban J connectivity index is 1.44. The van der Waals surface area contributed by atoms with Gasteiger partial charge in [-0.05, 0) is 43.4 Å². The lowest BCUT2D eigenvalue weighted by Crippen LogP contribution is -2.48. The van der Waals surface area contributed by atoms with E-state index in [4.69, 9.17) is 11.6 Å². The summed E-state index contributed by atoms with van der Waals surface area (Å²) >= 11 is 5.87. The Morgan fingerprint density at radius 2 is 1.84 bits per heavy atom. The summed E-state index contributed by atoms with van der Waals surface area (Å²) in [6.45, 7) is 1.45. The molecule has 2 N–H and O–H groups in total. The lowest BCUT2D eigenvalue weighted by Gasteiger charge is -2.34. The second-order valence-corrected chi connectivity index (χ2v) is 7.52. The molecule has 0 aromatic heterocycles. The van der Waals surface area contributed by atoms with Crippen molar-refractivity contribution < 1.29 is 14.7 Å². The summed E-state index contributed by atoms with van der Waals surface area (Å²) in [5.74, 6) is 0.499. The normalized spacial score (nSPS) is 19.2. The molecule has 1 saturated carbocycles. The van der Waals surface area contributed by atoms with Gasteiger partial charge < -0.3 is 15.3 Å². The van der Waals surface area contributed by atoms with E-state index < -0.39 is 0 Å². The van der Waals surface area contributed by atoms with Gasteiger partial charge >= 0.3 is 0 Å². The van der Waals surface area contributed by atoms with E-state index in [1.54, 1.807) is 12.1 Å². The standard InChI is InChI=1S/C19H25ClN2O3/c20-16-11-13(5-6-17(16)23)12-18(24)21-15-7-9-22(10-8-15)19(25)14-3-1-2-4-14/h5-6,11,14-15,23H,1-4,7-10,12H2,(H,21,24). The Labute approximate surface area is 153 Å². The average Bonchev–Trinajstić information content (AvgIpc) is 3.13. The van der Waals surface area contributed by atoms with E-state index in [0.717, 1.165) is 44.3 Å². The number of aromatic hydroxyl groups is 1. The van der Waals surface area contributed by atoms with Gasteiger partial charge in [-0.25, -0.2) is 0 Å². The molecule has 136 valence electrons. The van der Waals surface area contributed by atoms with Crippen molar-refractivity contribution in [3.05, 3.63) is 28.8 Å². The molecule has 2 amide bonds. The molecule has 0 atom stereocenters. The van der Waals surface area contributed by atoms with Gasteiger partial charge in [-0.2, -0.15) is 0 Å². The fraction of sp³-hybridized carbons (Fsp3) is 0.579. The Morgan fingerprint density at radius 1 is 1.16 bits per heavy atom. The van der Waals surface area contributed by atoms with E-state index in [9.17, 15) is 14.7 Å². The molecule has 1 saturated heterocycles. The fourth-order valence-corrected chi connectivity index (χ4v) is 4.00. The summed E-state index contributed by atoms with van der Waals surface area (Å²) in [4.78, 5) is 26.6. The third kappa shape index (κ3) is 4.66. The number of rotatable bonds is 4. The van der Waals surface area contributed by atoms with Crippen molar-refractivity contribution in [3.8, 4) is 5.75 Å². The lowest BCUT2D eigenvalue weighted by molar-refractivity contribution is -0.136. The van der Waals surface area contributed by atoms with Crippen LogP contribution in [0.1, 0.15) is 44.1 Å². The summed E-state index contributed by atoms with van der Waals surface area (Å²) in [7, 11) is 0. The van der Waals surface area contributed by atoms with E-state index in [0.29, 0.717) is 5.91 Å². The van der Waals surface area contributed by atoms with Crippen LogP contribution in [0.4, 0.5) is 0 Å². The molecule has 0 bridgehead atoms. The first-order valence-corrected chi connectivity index (χ1v) is 9.46. The quantitative estimate of drug-likeness (QED) is 0.863. The third-order valence-corrected chi connectivity index (χ3v) is 5.56. The summed E-state index contributed by atoms with van der Waals surface area (Å²) in [5, 5.41) is 12.7. The smallest absolute Gasteiger partial charge is 0.225 e. The zero-order valence-electron chi connectivity index (χ0n) is 14.3. The van der Waals surface area contributed by atoms with Gasteiger partial charge in [0.2, 0.25) is 11.8 Å². The Bertz CT molecular complexity index is 636. The highest BCUT2D eigenvalue weighted by Crippen LogP contribution is 2.28. The second-order valence-electron chi connectivity index (χ2n) is 7.11. The number of phenols is 1. The maximum Gasteiger partial charge on any atom is 0.225 e. The Kier molecular flexibility index (Phi) is 5.84. The third-order valence-electron chi connectivity index (χ3n) is 5.25. The molecule has 2 aliphatic rings. The minimum absolute atomic E-state index is 0.0186. The van der Waals surface area contributed by atoms with Gasteiger partial charge in [0.05, 0.1) is 11.4 Å². The topological polar surface area (TPSA) is 69.6 Å². The van der Waals surface area contributed by atoms with Crippen LogP contribution in [0, 0.1) is 5.92 Å². The van der Waals surface area contributed by atoms with Crippen molar-refractivity contribution in [3.63, 3.8) is 0 Å². The van der Waals surface area contributed by atoms with Crippen molar-refractivity contribution in [1.29, 1.82) is 0 Å². The Morgan fingerprint density at radius 3 is 2.48 bits per heavy atom. The highest BCUT2D eigenvalue weighted by Gasteiger charge is 2.30. The highest BCUT2D eigenvalue weighted by atomic mass is 35.5. The molecule has 3 rings (SSSR count). The molecule has 25 heavy (non-hydrogen) atoms. The van der Waals surface area contributed by atoms with Crippen molar-refractivity contribution >= 4 is 23.4 Å². The summed E-state index contributed by atoms with van der Waals surface area (Å²) in [6.07, 6.45) is 6.26. The van der Waals surface area contributed by atoms with Crippen LogP contribution >= 0.6 is 11.6 Å². The van der Waals surface area contributed by atoms with E-state index in [1.807, 2.05) is 4.90 Å². The molecule has 0 unspecified atom stereocenters. The number of carbonyl (C=O) groups is 2. The number of piperidine rings is 1. The zero-order valence-corrected chi connectivity index (χ0v) is 15.1. The number of hydrogen-bond acceptors (Lipinski definition) is 3. The number of nitrogens with zero attached hydrogens (tertiary/aromatic N) is 1. The molecule has 2 fully saturated rings. The maximum absolute atomic E-state index is 12.4. The predicted molar refractivity (Wildman–Crippen MR) is 96.5 cm³/mol. The number of carbonyl (C=O) groups excluding carboxylic acids is 2. The first kappa shape index (κ1) is 18.1. The summed E-state index contributed by atoms with van der Waals surface area (Å²) < 4.78 is 0. The van der Waals surface area contributed by atoms with Gasteiger partial charge in [0, 0.05) is 25.0 Å². The number of likely N-dealkylation sites (tertiary alicyclic amines) is 1. The van der Waals surface area contributed by atoms with Gasteiger partial charge in [-0.1, -0.05) is 30.5 Å². The maximum atomic E-state index is 12.4. The molecular weight excluding hydrogens is 340 g/mol. The number of halogens is 1. The average molecular weight is 365 g/mol. The summed E-state index contributed by atoms with van der Waals surface area (Å²) in [6, 6.07) is 4.92. The summed E-state index contributed by atoms with van der Waals surface area (Å²) in [5.41, 5.74) is 0.772. The fourth-order valence-electron chi connectivity index (χ4n) is 3.80. The van der Waals surface area contributed by atoms with Crippen molar-refractivity contribution in [2.24, 2.45) is 5.92 Å². The number of amides is 2. The second kappa shape index (κ2) is 8.09. The van der Waals surface area contributed by atoms with Crippen LogP contribution in [0.15, 0.2) is 18.2 Å². The number of benzene rings is 1. The van der Waals surface area contributed by atoms with Crippen LogP contribution in [0.25, 0.3) is 0 Å². The van der Waals surface area contributed by atoms with Crippen LogP contribution in [0.2, 0.25) is 5.02 Å². The van der Waals surface area contributed by atoms with Crippen LogP contribution in [0.5, 0.6) is 5.75 Å². The van der Waals surface area contributed by atoms with Crippen molar-refractivity contribution in [1.82, 2.24) is 10.2 Å². The van der Waals surface area contributed by atoms with Crippen LogP contribution < -0.4 is 5.32 Å². The number of hydrogen-bond donors (Lipinski definition) is 2. The van der Waals surface area contributed by atoms with Gasteiger partial charge in [0.15, 0.2) is 0 Å². The van der Waals surface area contributed by atoms with E-state index in [-0.39, 0.29) is 35.1 Å². The van der Waals surface area contributed by atoms with Gasteiger partial charge in [-0.3, -0.25) is 9.59 Å². The number of nitrogens with one attached hydrogen (secondary N) is 1. The molecule has 1 aromatic carbocycles. The SMILES string of the molecule is O=C(Cc1ccc(O)c(Cl)c1)NC1CCN(C(=O)C2CCCC2)CC1. The van der Waals surface area contributed by atoms with Crippen LogP contribution in [-0.4, -0.2) is 41.0 Å². The van der Waals surface area contributed by atoms with Crippen molar-refractivity contribution in [2.75, 3.05) is 13.1 Å². The first-order chi connectivity index (χ1) is 12.0. The van der Waals surface area contributed by atoms with Crippen molar-refractivity contribution in [2.45, 2.75) is 51.0 Å². The van der Waals surface area contributed by atoms with E-state index in [2.05, 4.69) is 5.32 Å². The molecule has 1 aromatic rings. The highest BCUT2D eigenvalue weighted by molar-refractivity contribution is 6.32. The van der Waals surface area contributed by atoms with Crippen LogP contribution in [0.3, 0.4) is 0 Å². The molecule has 1 aliphatic heterocycles. The molecule has 1 aliphatic carbocycles. The molecule has 6 heteroatoms. The van der Waals surface area contributed by atoms with Gasteiger partial charge in [0.1, 0.15) is 5.75 Å². The monoisotopic (exact) mass is 364 g/mol. The minimum atomic E-state index is -0.0534. The minimum Gasteiger partial charge on any atom is -0.506 e. The first-order valence-electron chi connectivity index (χ1n) is 9.08. The van der Waals surface area contributed by atoms with Crippen LogP contribution in [-0.2, 0) is 16.0 Å². The van der Waals surface area contributed by atoms with Gasteiger partial charge in [0.25, 0.3) is 0 Å². The molecule has 0 spiro atoms. The number of phenolic OH excluding ortho intramolecular Hbond substituents is 1. The Hall–Kier alpha value is -1.75. The van der Waals surface area contributed by atoms with E-state index >= 15 is 0 Å². The molecule has 1 heterocycles.